The van der Waals surface area contributed by atoms with Crippen LogP contribution in [0.4, 0.5) is 0 Å². The molecule has 18 heavy (non-hydrogen) atoms. The SMILES string of the molecule is CC1CSCCN(Cc2cccc(C(=O)O)c2)C1. The Hall–Kier alpha value is -1.00. The highest BCUT2D eigenvalue weighted by Gasteiger charge is 2.15. The lowest BCUT2D eigenvalue weighted by molar-refractivity contribution is 0.0696. The normalized spacial score (nSPS) is 21.5. The maximum Gasteiger partial charge on any atom is 0.335 e. The number of carbonyl (C=O) groups is 1. The van der Waals surface area contributed by atoms with Gasteiger partial charge in [0.15, 0.2) is 0 Å². The fourth-order valence-electron chi connectivity index (χ4n) is 2.27. The summed E-state index contributed by atoms with van der Waals surface area (Å²) in [5.74, 6) is 2.26. The maximum absolute atomic E-state index is 10.9. The number of carboxylic acids is 1. The topological polar surface area (TPSA) is 40.5 Å². The molecule has 1 aliphatic rings. The molecule has 1 saturated heterocycles. The molecule has 0 saturated carbocycles. The average Bonchev–Trinajstić information content (AvgIpc) is 2.54. The van der Waals surface area contributed by atoms with Crippen LogP contribution >= 0.6 is 11.8 Å². The van der Waals surface area contributed by atoms with E-state index < -0.39 is 5.97 Å². The zero-order valence-corrected chi connectivity index (χ0v) is 11.4. The quantitative estimate of drug-likeness (QED) is 0.912. The Balaban J connectivity index is 2.03. The summed E-state index contributed by atoms with van der Waals surface area (Å²) in [5, 5.41) is 8.99. The predicted octanol–water partition coefficient (Wildman–Crippen LogP) is 2.57. The van der Waals surface area contributed by atoms with E-state index in [9.17, 15) is 4.79 Å². The largest absolute Gasteiger partial charge is 0.478 e. The summed E-state index contributed by atoms with van der Waals surface area (Å²) >= 11 is 2.01. The number of thioether (sulfide) groups is 1. The van der Waals surface area contributed by atoms with E-state index in [0.29, 0.717) is 11.5 Å². The summed E-state index contributed by atoms with van der Waals surface area (Å²) in [6.45, 7) is 5.32. The molecule has 3 nitrogen and oxygen atoms in total. The smallest absolute Gasteiger partial charge is 0.335 e. The first-order chi connectivity index (χ1) is 8.65. The summed E-state index contributed by atoms with van der Waals surface area (Å²) in [4.78, 5) is 13.4. The van der Waals surface area contributed by atoms with Crippen molar-refractivity contribution in [1.29, 1.82) is 0 Å². The molecular formula is C14H19NO2S. The van der Waals surface area contributed by atoms with Gasteiger partial charge in [0, 0.05) is 25.4 Å². The van der Waals surface area contributed by atoms with Crippen LogP contribution in [0.5, 0.6) is 0 Å². The fourth-order valence-corrected chi connectivity index (χ4v) is 3.33. The highest BCUT2D eigenvalue weighted by Crippen LogP contribution is 2.17. The lowest BCUT2D eigenvalue weighted by Gasteiger charge is -2.22. The van der Waals surface area contributed by atoms with Crippen molar-refractivity contribution in [2.75, 3.05) is 24.6 Å². The zero-order valence-electron chi connectivity index (χ0n) is 10.6. The molecule has 0 amide bonds. The van der Waals surface area contributed by atoms with Crippen LogP contribution in [-0.4, -0.2) is 40.6 Å². The van der Waals surface area contributed by atoms with Crippen molar-refractivity contribution in [3.8, 4) is 0 Å². The van der Waals surface area contributed by atoms with E-state index >= 15 is 0 Å². The molecule has 1 heterocycles. The van der Waals surface area contributed by atoms with Crippen LogP contribution in [-0.2, 0) is 6.54 Å². The molecule has 1 unspecified atom stereocenters. The Bertz CT molecular complexity index is 422. The van der Waals surface area contributed by atoms with Crippen LogP contribution in [0.3, 0.4) is 0 Å². The van der Waals surface area contributed by atoms with Crippen LogP contribution in [0, 0.1) is 5.92 Å². The van der Waals surface area contributed by atoms with Gasteiger partial charge in [-0.05, 0) is 29.4 Å². The molecule has 0 aliphatic carbocycles. The lowest BCUT2D eigenvalue weighted by atomic mass is 10.1. The van der Waals surface area contributed by atoms with E-state index in [1.807, 2.05) is 23.9 Å². The van der Waals surface area contributed by atoms with Gasteiger partial charge < -0.3 is 5.11 Å². The van der Waals surface area contributed by atoms with Gasteiger partial charge in [-0.3, -0.25) is 4.90 Å². The lowest BCUT2D eigenvalue weighted by Crippen LogP contribution is -2.28. The minimum absolute atomic E-state index is 0.379. The van der Waals surface area contributed by atoms with Gasteiger partial charge in [0.05, 0.1) is 5.56 Å². The average molecular weight is 265 g/mol. The third-order valence-electron chi connectivity index (χ3n) is 3.10. The van der Waals surface area contributed by atoms with Crippen molar-refractivity contribution in [3.05, 3.63) is 35.4 Å². The number of nitrogens with zero attached hydrogens (tertiary/aromatic N) is 1. The number of rotatable bonds is 3. The number of carboxylic acid groups (broad SMARTS) is 1. The van der Waals surface area contributed by atoms with Crippen molar-refractivity contribution in [3.63, 3.8) is 0 Å². The van der Waals surface area contributed by atoms with Crippen LogP contribution in [0.15, 0.2) is 24.3 Å². The van der Waals surface area contributed by atoms with Gasteiger partial charge in [-0.1, -0.05) is 19.1 Å². The van der Waals surface area contributed by atoms with E-state index in [1.165, 1.54) is 11.5 Å². The first kappa shape index (κ1) is 13.4. The van der Waals surface area contributed by atoms with E-state index in [2.05, 4.69) is 11.8 Å². The van der Waals surface area contributed by atoms with Crippen LogP contribution in [0.1, 0.15) is 22.8 Å². The molecule has 2 rings (SSSR count). The summed E-state index contributed by atoms with van der Waals surface area (Å²) in [6, 6.07) is 7.27. The van der Waals surface area contributed by atoms with E-state index in [0.717, 1.165) is 25.2 Å². The Morgan fingerprint density at radius 1 is 1.56 bits per heavy atom. The van der Waals surface area contributed by atoms with Gasteiger partial charge in [0.25, 0.3) is 0 Å². The van der Waals surface area contributed by atoms with E-state index in [-0.39, 0.29) is 0 Å². The van der Waals surface area contributed by atoms with Gasteiger partial charge >= 0.3 is 5.97 Å². The zero-order chi connectivity index (χ0) is 13.0. The summed E-state index contributed by atoms with van der Waals surface area (Å²) in [6.07, 6.45) is 0. The first-order valence-corrected chi connectivity index (χ1v) is 7.43. The number of hydrogen-bond donors (Lipinski definition) is 1. The minimum Gasteiger partial charge on any atom is -0.478 e. The molecule has 1 atom stereocenters. The fraction of sp³-hybridized carbons (Fsp3) is 0.500. The second-order valence-electron chi connectivity index (χ2n) is 4.92. The van der Waals surface area contributed by atoms with Crippen molar-refractivity contribution < 1.29 is 9.90 Å². The molecule has 4 heteroatoms. The molecule has 1 aliphatic heterocycles. The number of hydrogen-bond acceptors (Lipinski definition) is 3. The summed E-state index contributed by atoms with van der Waals surface area (Å²) < 4.78 is 0. The third kappa shape index (κ3) is 3.75. The van der Waals surface area contributed by atoms with Crippen LogP contribution in [0.25, 0.3) is 0 Å². The Kier molecular flexibility index (Phi) is 4.66. The molecule has 1 fully saturated rings. The predicted molar refractivity (Wildman–Crippen MR) is 75.2 cm³/mol. The first-order valence-electron chi connectivity index (χ1n) is 6.27. The molecule has 98 valence electrons. The summed E-state index contributed by atoms with van der Waals surface area (Å²) in [5.41, 5.74) is 1.47. The minimum atomic E-state index is -0.850. The monoisotopic (exact) mass is 265 g/mol. The van der Waals surface area contributed by atoms with Crippen molar-refractivity contribution in [1.82, 2.24) is 4.90 Å². The second-order valence-corrected chi connectivity index (χ2v) is 6.07. The Labute approximate surface area is 112 Å². The van der Waals surface area contributed by atoms with E-state index in [1.54, 1.807) is 12.1 Å². The highest BCUT2D eigenvalue weighted by molar-refractivity contribution is 7.99. The van der Waals surface area contributed by atoms with Crippen molar-refractivity contribution in [2.45, 2.75) is 13.5 Å². The molecule has 0 aromatic heterocycles. The molecule has 0 spiro atoms. The van der Waals surface area contributed by atoms with E-state index in [4.69, 9.17) is 5.11 Å². The molecule has 0 bridgehead atoms. The molecule has 1 N–H and O–H groups in total. The number of aromatic carboxylic acids is 1. The number of benzene rings is 1. The second kappa shape index (κ2) is 6.25. The molecule has 0 radical (unpaired) electrons. The molecular weight excluding hydrogens is 246 g/mol. The van der Waals surface area contributed by atoms with Gasteiger partial charge in [0.1, 0.15) is 0 Å². The highest BCUT2D eigenvalue weighted by atomic mass is 32.2. The standard InChI is InChI=1S/C14H19NO2S/c1-11-8-15(5-6-18-10-11)9-12-3-2-4-13(7-12)14(16)17/h2-4,7,11H,5-6,8-10H2,1H3,(H,16,17). The van der Waals surface area contributed by atoms with Crippen molar-refractivity contribution >= 4 is 17.7 Å². The van der Waals surface area contributed by atoms with Crippen LogP contribution < -0.4 is 0 Å². The van der Waals surface area contributed by atoms with Gasteiger partial charge in [0.2, 0.25) is 0 Å². The van der Waals surface area contributed by atoms with Crippen LogP contribution in [0.2, 0.25) is 0 Å². The third-order valence-corrected chi connectivity index (χ3v) is 4.38. The van der Waals surface area contributed by atoms with Gasteiger partial charge in [-0.2, -0.15) is 11.8 Å². The van der Waals surface area contributed by atoms with Gasteiger partial charge in [-0.25, -0.2) is 4.79 Å². The van der Waals surface area contributed by atoms with Crippen molar-refractivity contribution in [2.24, 2.45) is 5.92 Å². The molecule has 1 aromatic rings. The van der Waals surface area contributed by atoms with Gasteiger partial charge in [-0.15, -0.1) is 0 Å². The maximum atomic E-state index is 10.9. The summed E-state index contributed by atoms with van der Waals surface area (Å²) in [7, 11) is 0. The molecule has 1 aromatic carbocycles. The Morgan fingerprint density at radius 3 is 3.17 bits per heavy atom. The Morgan fingerprint density at radius 2 is 2.39 bits per heavy atom.